The van der Waals surface area contributed by atoms with Crippen molar-refractivity contribution < 1.29 is 19.0 Å². The number of hydrogen-bond donors (Lipinski definition) is 1. The van der Waals surface area contributed by atoms with Gasteiger partial charge in [0, 0.05) is 12.2 Å². The highest BCUT2D eigenvalue weighted by molar-refractivity contribution is 5.95. The number of methoxy groups -OCH3 is 1. The van der Waals surface area contributed by atoms with Crippen LogP contribution in [0.3, 0.4) is 0 Å². The summed E-state index contributed by atoms with van der Waals surface area (Å²) in [5, 5.41) is 3.14. The fourth-order valence-electron chi connectivity index (χ4n) is 3.30. The van der Waals surface area contributed by atoms with Gasteiger partial charge in [-0.2, -0.15) is 0 Å². The Morgan fingerprint density at radius 2 is 1.93 bits per heavy atom. The Bertz CT molecular complexity index is 754. The van der Waals surface area contributed by atoms with Gasteiger partial charge >= 0.3 is 0 Å². The van der Waals surface area contributed by atoms with Crippen molar-refractivity contribution in [3.05, 3.63) is 59.7 Å². The summed E-state index contributed by atoms with van der Waals surface area (Å²) in [4.78, 5) is 12.9. The molecule has 2 aromatic carbocycles. The van der Waals surface area contributed by atoms with Crippen molar-refractivity contribution in [1.82, 2.24) is 5.32 Å². The molecule has 0 bridgehead atoms. The van der Waals surface area contributed by atoms with Crippen LogP contribution in [-0.2, 0) is 4.74 Å². The van der Waals surface area contributed by atoms with Crippen LogP contribution in [-0.4, -0.2) is 31.8 Å². The number of nitrogens with one attached hydrogen (secondary N) is 1. The molecule has 5 nitrogen and oxygen atoms in total. The summed E-state index contributed by atoms with van der Waals surface area (Å²) in [5.74, 6) is 1.02. The first-order valence-electron chi connectivity index (χ1n) is 9.40. The van der Waals surface area contributed by atoms with Crippen LogP contribution in [0.15, 0.2) is 48.5 Å². The van der Waals surface area contributed by atoms with Gasteiger partial charge in [0.1, 0.15) is 0 Å². The summed E-state index contributed by atoms with van der Waals surface area (Å²) < 4.78 is 17.0. The highest BCUT2D eigenvalue weighted by Crippen LogP contribution is 2.30. The van der Waals surface area contributed by atoms with Crippen LogP contribution in [0.5, 0.6) is 11.5 Å². The number of amides is 1. The van der Waals surface area contributed by atoms with Crippen molar-refractivity contribution in [2.75, 3.05) is 13.7 Å². The minimum Gasteiger partial charge on any atom is -0.493 e. The molecule has 0 saturated carbocycles. The van der Waals surface area contributed by atoms with Gasteiger partial charge in [-0.1, -0.05) is 30.3 Å². The Labute approximate surface area is 160 Å². The molecule has 1 amide bonds. The van der Waals surface area contributed by atoms with Gasteiger partial charge in [0.25, 0.3) is 5.91 Å². The van der Waals surface area contributed by atoms with E-state index in [4.69, 9.17) is 14.2 Å². The lowest BCUT2D eigenvalue weighted by Gasteiger charge is -2.25. The Balaban J connectivity index is 1.81. The summed E-state index contributed by atoms with van der Waals surface area (Å²) in [6.07, 6.45) is 1.96. The molecule has 144 valence electrons. The Kier molecular flexibility index (Phi) is 6.35. The molecule has 1 aliphatic rings. The number of carbonyl (C=O) groups excluding carboxylic acids is 1. The Morgan fingerprint density at radius 3 is 2.56 bits per heavy atom. The fraction of sp³-hybridized carbons (Fsp3) is 0.409. The summed E-state index contributed by atoms with van der Waals surface area (Å²) in [5.41, 5.74) is 1.58. The van der Waals surface area contributed by atoms with Crippen LogP contribution in [0.25, 0.3) is 0 Å². The van der Waals surface area contributed by atoms with Crippen LogP contribution in [0.1, 0.15) is 48.7 Å². The van der Waals surface area contributed by atoms with Gasteiger partial charge in [-0.05, 0) is 50.5 Å². The summed E-state index contributed by atoms with van der Waals surface area (Å²) >= 11 is 0. The second-order valence-corrected chi connectivity index (χ2v) is 6.95. The quantitative estimate of drug-likeness (QED) is 0.797. The molecular weight excluding hydrogens is 342 g/mol. The number of carbonyl (C=O) groups is 1. The zero-order valence-electron chi connectivity index (χ0n) is 16.1. The first kappa shape index (κ1) is 19.2. The molecule has 1 N–H and O–H groups in total. The van der Waals surface area contributed by atoms with E-state index in [1.165, 1.54) is 0 Å². The zero-order chi connectivity index (χ0) is 19.2. The molecule has 0 spiro atoms. The molecule has 1 aliphatic heterocycles. The van der Waals surface area contributed by atoms with Crippen molar-refractivity contribution in [2.45, 2.75) is 44.9 Å². The normalized spacial score (nSPS) is 17.6. The predicted octanol–water partition coefficient (Wildman–Crippen LogP) is 4.13. The lowest BCUT2D eigenvalue weighted by Crippen LogP contribution is -2.36. The molecule has 2 aromatic rings. The van der Waals surface area contributed by atoms with Crippen molar-refractivity contribution in [3.8, 4) is 11.5 Å². The van der Waals surface area contributed by atoms with E-state index < -0.39 is 0 Å². The molecule has 1 heterocycles. The zero-order valence-corrected chi connectivity index (χ0v) is 16.1. The van der Waals surface area contributed by atoms with Gasteiger partial charge in [-0.15, -0.1) is 0 Å². The van der Waals surface area contributed by atoms with Crippen molar-refractivity contribution >= 4 is 5.91 Å². The maximum absolute atomic E-state index is 12.9. The molecule has 0 aromatic heterocycles. The molecule has 0 radical (unpaired) electrons. The molecule has 1 saturated heterocycles. The smallest absolute Gasteiger partial charge is 0.251 e. The topological polar surface area (TPSA) is 56.8 Å². The van der Waals surface area contributed by atoms with Crippen molar-refractivity contribution in [3.63, 3.8) is 0 Å². The van der Waals surface area contributed by atoms with E-state index >= 15 is 0 Å². The van der Waals surface area contributed by atoms with Crippen LogP contribution in [0.2, 0.25) is 0 Å². The lowest BCUT2D eigenvalue weighted by molar-refractivity contribution is 0.0672. The summed E-state index contributed by atoms with van der Waals surface area (Å²) in [7, 11) is 1.57. The van der Waals surface area contributed by atoms with E-state index in [1.54, 1.807) is 25.3 Å². The average molecular weight is 369 g/mol. The van der Waals surface area contributed by atoms with E-state index in [0.29, 0.717) is 17.1 Å². The van der Waals surface area contributed by atoms with E-state index in [-0.39, 0.29) is 24.2 Å². The van der Waals surface area contributed by atoms with E-state index in [9.17, 15) is 4.79 Å². The minimum atomic E-state index is -0.182. The van der Waals surface area contributed by atoms with Crippen LogP contribution >= 0.6 is 0 Å². The van der Waals surface area contributed by atoms with Crippen LogP contribution < -0.4 is 14.8 Å². The third kappa shape index (κ3) is 4.80. The number of rotatable bonds is 7. The molecule has 0 aliphatic carbocycles. The largest absolute Gasteiger partial charge is 0.493 e. The number of ether oxygens (including phenoxy) is 3. The Hall–Kier alpha value is -2.53. The van der Waals surface area contributed by atoms with Crippen LogP contribution in [0.4, 0.5) is 0 Å². The average Bonchev–Trinajstić information content (AvgIpc) is 3.21. The van der Waals surface area contributed by atoms with Gasteiger partial charge in [-0.25, -0.2) is 0 Å². The second kappa shape index (κ2) is 8.91. The molecule has 3 rings (SSSR count). The second-order valence-electron chi connectivity index (χ2n) is 6.95. The van der Waals surface area contributed by atoms with Crippen molar-refractivity contribution in [2.24, 2.45) is 0 Å². The van der Waals surface area contributed by atoms with Gasteiger partial charge in [0.15, 0.2) is 11.5 Å². The fourth-order valence-corrected chi connectivity index (χ4v) is 3.30. The maximum atomic E-state index is 12.9. The third-order valence-corrected chi connectivity index (χ3v) is 4.57. The van der Waals surface area contributed by atoms with Crippen molar-refractivity contribution in [1.29, 1.82) is 0 Å². The maximum Gasteiger partial charge on any atom is 0.251 e. The summed E-state index contributed by atoms with van der Waals surface area (Å²) in [6.45, 7) is 4.64. The number of hydrogen-bond acceptors (Lipinski definition) is 4. The van der Waals surface area contributed by atoms with E-state index in [0.717, 1.165) is 25.0 Å². The highest BCUT2D eigenvalue weighted by atomic mass is 16.5. The molecule has 2 atom stereocenters. The third-order valence-electron chi connectivity index (χ3n) is 4.57. The first-order chi connectivity index (χ1) is 13.1. The SMILES string of the molecule is COc1cc(C(=O)NC(c2ccccc2)C2CCCO2)ccc1OC(C)C. The monoisotopic (exact) mass is 369 g/mol. The molecule has 1 fully saturated rings. The Morgan fingerprint density at radius 1 is 1.15 bits per heavy atom. The number of benzene rings is 2. The molecule has 27 heavy (non-hydrogen) atoms. The van der Waals surface area contributed by atoms with Gasteiger partial charge in [0.2, 0.25) is 0 Å². The van der Waals surface area contributed by atoms with Gasteiger partial charge in [-0.3, -0.25) is 4.79 Å². The first-order valence-corrected chi connectivity index (χ1v) is 9.40. The lowest BCUT2D eigenvalue weighted by atomic mass is 9.99. The van der Waals surface area contributed by atoms with Gasteiger partial charge in [0.05, 0.1) is 25.4 Å². The summed E-state index contributed by atoms with van der Waals surface area (Å²) in [6, 6.07) is 15.0. The van der Waals surface area contributed by atoms with E-state index in [2.05, 4.69) is 5.32 Å². The molecule has 2 unspecified atom stereocenters. The molecular formula is C22H27NO4. The van der Waals surface area contributed by atoms with Crippen LogP contribution in [0, 0.1) is 0 Å². The molecule has 5 heteroatoms. The predicted molar refractivity (Wildman–Crippen MR) is 104 cm³/mol. The standard InChI is InChI=1S/C22H27NO4/c1-15(2)27-18-12-11-17(14-20(18)25-3)22(24)23-21(19-10-7-13-26-19)16-8-5-4-6-9-16/h4-6,8-9,11-12,14-15,19,21H,7,10,13H2,1-3H3,(H,23,24). The highest BCUT2D eigenvalue weighted by Gasteiger charge is 2.29. The van der Waals surface area contributed by atoms with Gasteiger partial charge < -0.3 is 19.5 Å². The minimum absolute atomic E-state index is 0.0122. The van der Waals surface area contributed by atoms with E-state index in [1.807, 2.05) is 44.2 Å².